The van der Waals surface area contributed by atoms with Crippen LogP contribution in [0.2, 0.25) is 0 Å². The molecule has 6 rings (SSSR count). The second kappa shape index (κ2) is 37.0. The molecule has 0 bridgehead atoms. The number of nitrogens with one attached hydrogen (secondary N) is 4. The Hall–Kier alpha value is -5.51. The topological polar surface area (TPSA) is 338 Å². The number of anilines is 11. The average molecular weight is 1250 g/mol. The Morgan fingerprint density at radius 3 is 1.30 bits per heavy atom. The molecule has 0 aliphatic rings. The van der Waals surface area contributed by atoms with E-state index in [0.717, 1.165) is 39.8 Å². The molecule has 0 unspecified atom stereocenters. The summed E-state index contributed by atoms with van der Waals surface area (Å²) in [7, 11) is 8.57. The molecule has 0 saturated heterocycles. The van der Waals surface area contributed by atoms with Crippen molar-refractivity contribution in [3.05, 3.63) is 124 Å². The standard InChI is InChI=1S/C24H32N8O5S.C19H19FN6O5S.C6H15N.CH2O3.2K.H/c1-29(2)11-12-30(3)20-14-22(37-5)18(13-21(20)32(33)34)28-24-15-23(25-16-26-24)27-17-9-7-8-10-19(17)31(4)38(6,35)36;1-25(32(3,29)30)15-7-5-4-6-13(15)23-18-10-19(22-11-21-18)24-14-9-16(26(27)28)12(20)8-17(14)31-2;1-4-5-6-7(2)3;2-1-4-3;;;/h7-10,13-16H,11-12H2,1-6H3,(H2,25,26,27,28);4-11H,1-3H3,(H2,21,22,23,24);4-6H2,1-3H3;1,3H;;;/q;;;;2*+1;-1/p-1. The van der Waals surface area contributed by atoms with Crippen LogP contribution >= 0.6 is 0 Å². The van der Waals surface area contributed by atoms with Gasteiger partial charge in [0.25, 0.3) is 12.2 Å². The molecule has 28 nitrogen and oxygen atoms in total. The number of carbonyl (C=O) groups excluding carboxylic acids is 1. The molecule has 6 aromatic rings. The molecule has 0 amide bonds. The van der Waals surface area contributed by atoms with Gasteiger partial charge >= 0.3 is 108 Å². The van der Waals surface area contributed by atoms with Gasteiger partial charge in [0, 0.05) is 70.6 Å². The average Bonchev–Trinajstić information content (AvgIpc) is 3.64. The summed E-state index contributed by atoms with van der Waals surface area (Å²) in [5.74, 6) is 0.678. The molecule has 0 aliphatic carbocycles. The minimum Gasteiger partial charge on any atom is -1.00 e. The Labute approximate surface area is 569 Å². The first-order chi connectivity index (χ1) is 38.2. The fourth-order valence-corrected chi connectivity index (χ4v) is 7.81. The van der Waals surface area contributed by atoms with Gasteiger partial charge in [-0.15, -0.1) is 0 Å². The molecule has 0 radical (unpaired) electrons. The van der Waals surface area contributed by atoms with Crippen LogP contribution in [0.5, 0.6) is 11.5 Å². The third-order valence-electron chi connectivity index (χ3n) is 11.1. The van der Waals surface area contributed by atoms with Crippen LogP contribution in [0.4, 0.5) is 78.8 Å². The van der Waals surface area contributed by atoms with Gasteiger partial charge in [0.05, 0.1) is 70.7 Å². The summed E-state index contributed by atoms with van der Waals surface area (Å²) < 4.78 is 74.7. The number of likely N-dealkylation sites (N-methyl/N-ethyl adjacent to an activating group) is 2. The predicted octanol–water partition coefficient (Wildman–Crippen LogP) is 0.593. The number of unbranched alkanes of at least 4 members (excludes halogenated alkanes) is 1. The van der Waals surface area contributed by atoms with E-state index < -0.39 is 41.4 Å². The first-order valence-electron chi connectivity index (χ1n) is 24.1. The number of hydrogen-bond acceptors (Lipinski definition) is 24. The number of sulfonamides is 2. The van der Waals surface area contributed by atoms with E-state index in [2.05, 4.69) is 72.0 Å². The molecule has 83 heavy (non-hydrogen) atoms. The number of hydrogen-bond donors (Lipinski definition) is 4. The van der Waals surface area contributed by atoms with Gasteiger partial charge in [-0.05, 0) is 65.4 Å². The molecule has 33 heteroatoms. The van der Waals surface area contributed by atoms with Crippen molar-refractivity contribution >= 4 is 101 Å². The molecule has 442 valence electrons. The molecule has 2 heterocycles. The SMILES string of the molecule is CCCCN(C)C.COc1cc(F)c([N+](=O)[O-])cc1Nc1cc(Nc2ccccc2N(C)S(C)(=O)=O)ncn1.COc1cc(N(C)CCN(C)C)c([N+](=O)[O-])cc1Nc1cc(Nc2ccccc2N(C)S(C)(=O)=O)ncn1.O=CO[O-].[H-].[K+].[K+]. The maximum Gasteiger partial charge on any atom is 1.00 e. The Bertz CT molecular complexity index is 3300. The summed E-state index contributed by atoms with van der Waals surface area (Å²) in [4.78, 5) is 55.5. The van der Waals surface area contributed by atoms with E-state index in [9.17, 15) is 41.5 Å². The van der Waals surface area contributed by atoms with Crippen molar-refractivity contribution < 1.29 is 160 Å². The molecule has 4 aromatic carbocycles. The molecule has 0 atom stereocenters. The van der Waals surface area contributed by atoms with Gasteiger partial charge in [0.2, 0.25) is 25.9 Å². The minimum atomic E-state index is -3.49. The van der Waals surface area contributed by atoms with E-state index in [1.165, 1.54) is 72.5 Å². The fraction of sp³-hybridized carbons (Fsp3) is 0.340. The van der Waals surface area contributed by atoms with Gasteiger partial charge in [-0.1, -0.05) is 37.6 Å². The van der Waals surface area contributed by atoms with Crippen LogP contribution in [0.15, 0.2) is 97.6 Å². The number of para-hydroxylation sites is 4. The normalized spacial score (nSPS) is 10.5. The number of carbonyl (C=O) groups is 1. The van der Waals surface area contributed by atoms with E-state index in [-0.39, 0.29) is 134 Å². The molecular weight excluding hydrogens is 1180 g/mol. The van der Waals surface area contributed by atoms with Crippen LogP contribution < -0.4 is 152 Å². The summed E-state index contributed by atoms with van der Waals surface area (Å²) in [6, 6.07) is 21.6. The first-order valence-corrected chi connectivity index (χ1v) is 27.8. The molecule has 0 aliphatic heterocycles. The van der Waals surface area contributed by atoms with Crippen LogP contribution in [-0.4, -0.2) is 159 Å². The number of rotatable bonds is 24. The number of halogens is 1. The van der Waals surface area contributed by atoms with Crippen LogP contribution in [-0.2, 0) is 29.7 Å². The zero-order chi connectivity index (χ0) is 60.6. The smallest absolute Gasteiger partial charge is 1.00 e. The number of nitro groups is 2. The molecule has 4 N–H and O–H groups in total. The van der Waals surface area contributed by atoms with Crippen molar-refractivity contribution in [2.45, 2.75) is 19.8 Å². The van der Waals surface area contributed by atoms with Crippen LogP contribution in [0, 0.1) is 26.0 Å². The second-order valence-corrected chi connectivity index (χ2v) is 21.7. The van der Waals surface area contributed by atoms with Crippen molar-refractivity contribution in [1.29, 1.82) is 0 Å². The van der Waals surface area contributed by atoms with Gasteiger partial charge in [0.1, 0.15) is 53.1 Å². The number of nitrogens with zero attached hydrogens (tertiary/aromatic N) is 11. The van der Waals surface area contributed by atoms with Crippen molar-refractivity contribution in [3.8, 4) is 11.5 Å². The number of benzene rings is 4. The number of aromatic nitrogens is 4. The molecule has 0 saturated carbocycles. The quantitative estimate of drug-likeness (QED) is 0.0212. The van der Waals surface area contributed by atoms with Gasteiger partial charge in [-0.2, -0.15) is 4.39 Å². The largest absolute Gasteiger partial charge is 1.00 e. The Balaban J connectivity index is 0.00000136. The van der Waals surface area contributed by atoms with Crippen molar-refractivity contribution in [3.63, 3.8) is 0 Å². The molecule has 0 fully saturated rings. The maximum absolute atomic E-state index is 13.9. The van der Waals surface area contributed by atoms with Crippen LogP contribution in [0.1, 0.15) is 21.2 Å². The first kappa shape index (κ1) is 75.5. The zero-order valence-corrected chi connectivity index (χ0v) is 56.7. The van der Waals surface area contributed by atoms with Gasteiger partial charge in [0.15, 0.2) is 0 Å². The number of nitro benzene ring substituents is 2. The minimum absolute atomic E-state index is 0. The molecule has 0 spiro atoms. The third kappa shape index (κ3) is 24.9. The number of methoxy groups -OCH3 is 2. The van der Waals surface area contributed by atoms with Crippen molar-refractivity contribution in [2.24, 2.45) is 0 Å². The van der Waals surface area contributed by atoms with Gasteiger partial charge in [-0.3, -0.25) is 33.6 Å². The summed E-state index contributed by atoms with van der Waals surface area (Å²) in [6.45, 7) is 4.57. The Kier molecular flexibility index (Phi) is 33.7. The van der Waals surface area contributed by atoms with Crippen LogP contribution in [0.3, 0.4) is 0 Å². The predicted molar refractivity (Wildman–Crippen MR) is 309 cm³/mol. The number of ether oxygens (including phenoxy) is 2. The zero-order valence-electron chi connectivity index (χ0n) is 49.8. The maximum atomic E-state index is 13.9. The summed E-state index contributed by atoms with van der Waals surface area (Å²) in [5, 5.41) is 43.4. The monoisotopic (exact) mass is 1250 g/mol. The Morgan fingerprint density at radius 1 is 0.590 bits per heavy atom. The molecule has 2 aromatic heterocycles. The Morgan fingerprint density at radius 2 is 0.964 bits per heavy atom. The van der Waals surface area contributed by atoms with E-state index in [1.807, 2.05) is 23.9 Å². The van der Waals surface area contributed by atoms with Crippen LogP contribution in [0.25, 0.3) is 0 Å². The summed E-state index contributed by atoms with van der Waals surface area (Å²) in [6.07, 6.45) is 7.39. The van der Waals surface area contributed by atoms with Crippen molar-refractivity contribution in [1.82, 2.24) is 29.7 Å². The summed E-state index contributed by atoms with van der Waals surface area (Å²) in [5.41, 5.74) is 1.93. The molecular formula is C50H68FK2N15O13S2. The van der Waals surface area contributed by atoms with Gasteiger partial charge in [-0.25, -0.2) is 36.8 Å². The van der Waals surface area contributed by atoms with E-state index in [4.69, 9.17) is 19.5 Å². The third-order valence-corrected chi connectivity index (χ3v) is 13.5. The van der Waals surface area contributed by atoms with Gasteiger partial charge < -0.3 is 57.0 Å². The fourth-order valence-electron chi connectivity index (χ4n) is 6.78. The van der Waals surface area contributed by atoms with E-state index in [1.54, 1.807) is 67.7 Å². The van der Waals surface area contributed by atoms with E-state index >= 15 is 0 Å². The van der Waals surface area contributed by atoms with Crippen molar-refractivity contribution in [2.75, 3.05) is 130 Å². The second-order valence-electron chi connectivity index (χ2n) is 17.7. The van der Waals surface area contributed by atoms with E-state index in [0.29, 0.717) is 63.9 Å². The summed E-state index contributed by atoms with van der Waals surface area (Å²) >= 11 is 0.